The van der Waals surface area contributed by atoms with Crippen LogP contribution < -0.4 is 15.7 Å². The lowest BCUT2D eigenvalue weighted by Gasteiger charge is -2.08. The normalized spacial score (nSPS) is 11.2. The smallest absolute Gasteiger partial charge is 0.255 e. The van der Waals surface area contributed by atoms with Crippen molar-refractivity contribution < 1.29 is 9.84 Å². The molecule has 0 saturated carbocycles. The molecule has 0 unspecified atom stereocenters. The van der Waals surface area contributed by atoms with Crippen LogP contribution in [0.3, 0.4) is 0 Å². The van der Waals surface area contributed by atoms with Crippen molar-refractivity contribution in [3.05, 3.63) is 50.4 Å². The van der Waals surface area contributed by atoms with Gasteiger partial charge in [0.15, 0.2) is 0 Å². The molecule has 7 nitrogen and oxygen atoms in total. The predicted octanol–water partition coefficient (Wildman–Crippen LogP) is 4.84. The second-order valence-corrected chi connectivity index (χ2v) is 7.88. The van der Waals surface area contributed by atoms with E-state index < -0.39 is 0 Å². The molecule has 8 heteroatoms. The van der Waals surface area contributed by atoms with Crippen LogP contribution in [-0.2, 0) is 6.42 Å². The Kier molecular flexibility index (Phi) is 11.1. The van der Waals surface area contributed by atoms with Gasteiger partial charge in [-0.15, -0.1) is 0 Å². The summed E-state index contributed by atoms with van der Waals surface area (Å²) < 4.78 is 5.79. The van der Waals surface area contributed by atoms with Gasteiger partial charge < -0.3 is 9.84 Å². The molecule has 2 aromatic rings. The van der Waals surface area contributed by atoms with Gasteiger partial charge in [0, 0.05) is 24.2 Å². The molecule has 1 aromatic carbocycles. The van der Waals surface area contributed by atoms with Gasteiger partial charge in [0.1, 0.15) is 5.75 Å². The number of unbranched alkanes of at least 4 members (excludes halogenated alkanes) is 6. The van der Waals surface area contributed by atoms with E-state index in [0.29, 0.717) is 28.5 Å². The summed E-state index contributed by atoms with van der Waals surface area (Å²) in [7, 11) is 0. The highest BCUT2D eigenvalue weighted by atomic mass is 35.5. The van der Waals surface area contributed by atoms with E-state index in [0.717, 1.165) is 12.2 Å². The maximum atomic E-state index is 12.0. The number of nitrogens with one attached hydrogen (secondary N) is 2. The molecule has 0 aliphatic carbocycles. The van der Waals surface area contributed by atoms with Crippen molar-refractivity contribution in [3.63, 3.8) is 0 Å². The number of anilines is 1. The van der Waals surface area contributed by atoms with Crippen LogP contribution in [0, 0.1) is 6.92 Å². The molecule has 1 heterocycles. The summed E-state index contributed by atoms with van der Waals surface area (Å²) >= 11 is 6.33. The number of aromatic nitrogens is 2. The monoisotopic (exact) mass is 448 g/mol. The Labute approximate surface area is 188 Å². The molecule has 0 fully saturated rings. The number of aryl methyl sites for hydroxylation is 1. The number of nitrogens with zero attached hydrogens (tertiary/aromatic N) is 2. The molecule has 0 aliphatic rings. The van der Waals surface area contributed by atoms with Crippen LogP contribution in [0.15, 0.2) is 28.1 Å². The molecule has 3 N–H and O–H groups in total. The van der Waals surface area contributed by atoms with Crippen LogP contribution in [0.4, 0.5) is 5.95 Å². The van der Waals surface area contributed by atoms with E-state index in [1.807, 2.05) is 12.1 Å². The van der Waals surface area contributed by atoms with E-state index in [1.165, 1.54) is 38.5 Å². The molecule has 0 atom stereocenters. The van der Waals surface area contributed by atoms with Crippen LogP contribution in [0.2, 0.25) is 5.02 Å². The number of hydrazone groups is 1. The maximum Gasteiger partial charge on any atom is 0.255 e. The summed E-state index contributed by atoms with van der Waals surface area (Å²) in [4.78, 5) is 18.9. The van der Waals surface area contributed by atoms with Crippen LogP contribution in [0.5, 0.6) is 5.75 Å². The molecule has 0 bridgehead atoms. The van der Waals surface area contributed by atoms with Gasteiger partial charge in [0.05, 0.1) is 23.5 Å². The summed E-state index contributed by atoms with van der Waals surface area (Å²) in [6, 6.07) is 5.47. The van der Waals surface area contributed by atoms with Crippen molar-refractivity contribution in [1.82, 2.24) is 9.97 Å². The summed E-state index contributed by atoms with van der Waals surface area (Å²) in [6.45, 7) is 4.53. The minimum Gasteiger partial charge on any atom is -0.494 e. The SMILES string of the molecule is CCCCCCCCCOc1ccc(/C=N\Nc2nc(C)c(CCO)c(=O)[nH]2)c(Cl)c1. The first kappa shape index (κ1) is 24.9. The Bertz CT molecular complexity index is 899. The Balaban J connectivity index is 1.81. The third-order valence-corrected chi connectivity index (χ3v) is 5.27. The Morgan fingerprint density at radius 2 is 1.97 bits per heavy atom. The van der Waals surface area contributed by atoms with Gasteiger partial charge >= 0.3 is 0 Å². The Morgan fingerprint density at radius 1 is 1.23 bits per heavy atom. The van der Waals surface area contributed by atoms with E-state index in [4.69, 9.17) is 21.4 Å². The second kappa shape index (κ2) is 13.8. The van der Waals surface area contributed by atoms with Gasteiger partial charge in [-0.25, -0.2) is 10.4 Å². The third kappa shape index (κ3) is 8.71. The van der Waals surface area contributed by atoms with Crippen LogP contribution >= 0.6 is 11.6 Å². The van der Waals surface area contributed by atoms with E-state index in [9.17, 15) is 4.79 Å². The highest BCUT2D eigenvalue weighted by Crippen LogP contribution is 2.22. The van der Waals surface area contributed by atoms with Gasteiger partial charge in [0.25, 0.3) is 5.56 Å². The maximum absolute atomic E-state index is 12.0. The number of hydrogen-bond acceptors (Lipinski definition) is 6. The van der Waals surface area contributed by atoms with E-state index >= 15 is 0 Å². The largest absolute Gasteiger partial charge is 0.494 e. The lowest BCUT2D eigenvalue weighted by molar-refractivity contribution is 0.298. The fourth-order valence-corrected chi connectivity index (χ4v) is 3.40. The molecule has 1 aromatic heterocycles. The quantitative estimate of drug-likeness (QED) is 0.218. The van der Waals surface area contributed by atoms with E-state index in [1.54, 1.807) is 19.2 Å². The molecule has 0 amide bonds. The van der Waals surface area contributed by atoms with Gasteiger partial charge in [-0.3, -0.25) is 9.78 Å². The number of halogens is 1. The average molecular weight is 449 g/mol. The second-order valence-electron chi connectivity index (χ2n) is 7.48. The Hall–Kier alpha value is -2.38. The fraction of sp³-hybridized carbons (Fsp3) is 0.522. The fourth-order valence-electron chi connectivity index (χ4n) is 3.18. The first-order valence-electron chi connectivity index (χ1n) is 11.0. The third-order valence-electron chi connectivity index (χ3n) is 4.95. The van der Waals surface area contributed by atoms with Gasteiger partial charge in [-0.2, -0.15) is 5.10 Å². The molecule has 2 rings (SSSR count). The molecule has 31 heavy (non-hydrogen) atoms. The number of aliphatic hydroxyl groups excluding tert-OH is 1. The van der Waals surface area contributed by atoms with Crippen molar-refractivity contribution in [3.8, 4) is 5.75 Å². The highest BCUT2D eigenvalue weighted by molar-refractivity contribution is 6.33. The molecule has 0 saturated heterocycles. The summed E-state index contributed by atoms with van der Waals surface area (Å²) in [5, 5.41) is 13.6. The lowest BCUT2D eigenvalue weighted by atomic mass is 10.1. The first-order chi connectivity index (χ1) is 15.0. The van der Waals surface area contributed by atoms with Crippen LogP contribution in [-0.4, -0.2) is 34.5 Å². The molecular formula is C23H33ClN4O3. The van der Waals surface area contributed by atoms with Crippen molar-refractivity contribution in [2.45, 2.75) is 65.2 Å². The van der Waals surface area contributed by atoms with E-state index in [2.05, 4.69) is 27.4 Å². The van der Waals surface area contributed by atoms with Gasteiger partial charge in [0.2, 0.25) is 5.95 Å². The van der Waals surface area contributed by atoms with Crippen LogP contribution in [0.1, 0.15) is 68.7 Å². The molecule has 170 valence electrons. The van der Waals surface area contributed by atoms with Crippen molar-refractivity contribution in [2.75, 3.05) is 18.6 Å². The van der Waals surface area contributed by atoms with Crippen molar-refractivity contribution >= 4 is 23.8 Å². The standard InChI is InChI=1S/C23H33ClN4O3/c1-3-4-5-6-7-8-9-14-31-19-11-10-18(21(24)15-19)16-25-28-23-26-17(2)20(12-13-29)22(30)27-23/h10-11,15-16,29H,3-9,12-14H2,1-2H3,(H2,26,27,28,30)/b25-16-. The summed E-state index contributed by atoms with van der Waals surface area (Å²) in [5.74, 6) is 0.966. The van der Waals surface area contributed by atoms with Gasteiger partial charge in [-0.1, -0.05) is 57.0 Å². The van der Waals surface area contributed by atoms with Gasteiger partial charge in [-0.05, 0) is 31.5 Å². The lowest BCUT2D eigenvalue weighted by Crippen LogP contribution is -2.19. The minimum atomic E-state index is -0.292. The number of ether oxygens (including phenoxy) is 1. The number of benzene rings is 1. The number of hydrogen-bond donors (Lipinski definition) is 3. The molecule has 0 radical (unpaired) electrons. The molecule has 0 spiro atoms. The average Bonchev–Trinajstić information content (AvgIpc) is 2.74. The zero-order chi connectivity index (χ0) is 22.5. The number of rotatable bonds is 14. The van der Waals surface area contributed by atoms with Crippen LogP contribution in [0.25, 0.3) is 0 Å². The Morgan fingerprint density at radius 3 is 2.65 bits per heavy atom. The topological polar surface area (TPSA) is 99.6 Å². The summed E-state index contributed by atoms with van der Waals surface area (Å²) in [6.07, 6.45) is 10.5. The van der Waals surface area contributed by atoms with Crippen molar-refractivity contribution in [1.29, 1.82) is 0 Å². The number of aromatic amines is 1. The van der Waals surface area contributed by atoms with Crippen molar-refractivity contribution in [2.24, 2.45) is 5.10 Å². The first-order valence-corrected chi connectivity index (χ1v) is 11.3. The highest BCUT2D eigenvalue weighted by Gasteiger charge is 2.07. The summed E-state index contributed by atoms with van der Waals surface area (Å²) in [5.41, 5.74) is 4.14. The number of aliphatic hydroxyl groups is 1. The molecular weight excluding hydrogens is 416 g/mol. The number of H-pyrrole nitrogens is 1. The predicted molar refractivity (Wildman–Crippen MR) is 127 cm³/mol. The molecule has 0 aliphatic heterocycles. The minimum absolute atomic E-state index is 0.103. The zero-order valence-corrected chi connectivity index (χ0v) is 19.2. The van der Waals surface area contributed by atoms with E-state index in [-0.39, 0.29) is 24.5 Å². The zero-order valence-electron chi connectivity index (χ0n) is 18.4.